The number of aromatic nitrogens is 1. The van der Waals surface area contributed by atoms with Crippen LogP contribution in [-0.4, -0.2) is 42.1 Å². The molecule has 0 bridgehead atoms. The van der Waals surface area contributed by atoms with E-state index in [0.717, 1.165) is 28.3 Å². The van der Waals surface area contributed by atoms with E-state index < -0.39 is 11.7 Å². The van der Waals surface area contributed by atoms with Gasteiger partial charge in [-0.15, -0.1) is 0 Å². The maximum absolute atomic E-state index is 12.7. The number of aryl methyl sites for hydroxylation is 2. The molecule has 2 amide bonds. The van der Waals surface area contributed by atoms with Crippen LogP contribution in [0.25, 0.3) is 10.2 Å². The Bertz CT molecular complexity index is 1030. The number of alkyl halides is 3. The molecule has 1 aliphatic heterocycles. The molecule has 1 aliphatic rings. The van der Waals surface area contributed by atoms with Crippen molar-refractivity contribution in [3.8, 4) is 0 Å². The summed E-state index contributed by atoms with van der Waals surface area (Å²) in [4.78, 5) is 21.1. The van der Waals surface area contributed by atoms with Gasteiger partial charge < -0.3 is 15.1 Å². The zero-order valence-corrected chi connectivity index (χ0v) is 17.4. The number of piperazine rings is 1. The number of rotatable bonds is 2. The Kier molecular flexibility index (Phi) is 5.31. The largest absolute Gasteiger partial charge is 0.416 e. The fraction of sp³-hybridized carbons (Fsp3) is 0.333. The minimum atomic E-state index is -4.39. The summed E-state index contributed by atoms with van der Waals surface area (Å²) in [6, 6.07) is 8.32. The normalized spacial score (nSPS) is 15.0. The van der Waals surface area contributed by atoms with E-state index in [1.165, 1.54) is 22.4 Å². The van der Waals surface area contributed by atoms with Crippen molar-refractivity contribution in [2.24, 2.45) is 0 Å². The van der Waals surface area contributed by atoms with Crippen molar-refractivity contribution in [1.29, 1.82) is 0 Å². The second-order valence-corrected chi connectivity index (χ2v) is 8.33. The topological polar surface area (TPSA) is 48.5 Å². The quantitative estimate of drug-likeness (QED) is 0.597. The Morgan fingerprint density at radius 3 is 2.23 bits per heavy atom. The smallest absolute Gasteiger partial charge is 0.345 e. The van der Waals surface area contributed by atoms with Crippen molar-refractivity contribution >= 4 is 38.4 Å². The number of hydrogen-bond acceptors (Lipinski definition) is 4. The van der Waals surface area contributed by atoms with Crippen LogP contribution in [0.5, 0.6) is 0 Å². The lowest BCUT2D eigenvalue weighted by Crippen LogP contribution is -2.50. The third-order valence-electron chi connectivity index (χ3n) is 5.23. The Morgan fingerprint density at radius 1 is 1.00 bits per heavy atom. The molecule has 2 aromatic carbocycles. The average Bonchev–Trinajstić information content (AvgIpc) is 3.17. The summed E-state index contributed by atoms with van der Waals surface area (Å²) in [7, 11) is 0. The Labute approximate surface area is 176 Å². The predicted octanol–water partition coefficient (Wildman–Crippen LogP) is 5.29. The van der Waals surface area contributed by atoms with Crippen molar-refractivity contribution < 1.29 is 18.0 Å². The first kappa shape index (κ1) is 20.5. The maximum Gasteiger partial charge on any atom is 0.416 e. The average molecular weight is 434 g/mol. The number of thiazole rings is 1. The highest BCUT2D eigenvalue weighted by Gasteiger charge is 2.30. The summed E-state index contributed by atoms with van der Waals surface area (Å²) in [5.74, 6) is 0. The lowest BCUT2D eigenvalue weighted by molar-refractivity contribution is -0.137. The highest BCUT2D eigenvalue weighted by Crippen LogP contribution is 2.33. The number of nitrogens with one attached hydrogen (secondary N) is 1. The van der Waals surface area contributed by atoms with Gasteiger partial charge in [-0.2, -0.15) is 13.2 Å². The summed E-state index contributed by atoms with van der Waals surface area (Å²) in [5, 5.41) is 3.62. The molecule has 0 atom stereocenters. The lowest BCUT2D eigenvalue weighted by atomic mass is 10.1. The molecule has 158 valence electrons. The molecule has 2 heterocycles. The summed E-state index contributed by atoms with van der Waals surface area (Å²) in [6.45, 7) is 6.46. The predicted molar refractivity (Wildman–Crippen MR) is 113 cm³/mol. The van der Waals surface area contributed by atoms with Crippen molar-refractivity contribution in [2.75, 3.05) is 36.4 Å². The van der Waals surface area contributed by atoms with E-state index in [1.807, 2.05) is 0 Å². The van der Waals surface area contributed by atoms with E-state index in [2.05, 4.69) is 36.2 Å². The van der Waals surface area contributed by atoms with Crippen LogP contribution in [0.4, 0.5) is 28.8 Å². The zero-order valence-electron chi connectivity index (χ0n) is 16.6. The first-order valence-electron chi connectivity index (χ1n) is 9.57. The van der Waals surface area contributed by atoms with Gasteiger partial charge in [-0.05, 0) is 49.2 Å². The third kappa shape index (κ3) is 4.07. The molecule has 1 fully saturated rings. The minimum absolute atomic E-state index is 0.314. The van der Waals surface area contributed by atoms with Gasteiger partial charge in [-0.1, -0.05) is 23.5 Å². The molecule has 9 heteroatoms. The summed E-state index contributed by atoms with van der Waals surface area (Å²) in [5.41, 5.74) is 2.97. The maximum atomic E-state index is 12.7. The van der Waals surface area contributed by atoms with Crippen LogP contribution in [0.3, 0.4) is 0 Å². The van der Waals surface area contributed by atoms with E-state index in [1.54, 1.807) is 16.2 Å². The molecule has 1 N–H and O–H groups in total. The number of anilines is 2. The number of halogens is 3. The van der Waals surface area contributed by atoms with Gasteiger partial charge in [0.1, 0.15) is 0 Å². The van der Waals surface area contributed by atoms with Gasteiger partial charge in [0, 0.05) is 31.9 Å². The number of carbonyl (C=O) groups excluding carboxylic acids is 1. The zero-order chi connectivity index (χ0) is 21.5. The van der Waals surface area contributed by atoms with Gasteiger partial charge in [0.2, 0.25) is 0 Å². The molecule has 1 saturated heterocycles. The van der Waals surface area contributed by atoms with Crippen molar-refractivity contribution in [2.45, 2.75) is 20.0 Å². The number of urea groups is 1. The third-order valence-corrected chi connectivity index (χ3v) is 6.48. The van der Waals surface area contributed by atoms with Gasteiger partial charge in [0.15, 0.2) is 5.13 Å². The van der Waals surface area contributed by atoms with Crippen LogP contribution in [0.15, 0.2) is 36.4 Å². The van der Waals surface area contributed by atoms with Gasteiger partial charge in [0.25, 0.3) is 0 Å². The molecule has 3 aromatic rings. The Hall–Kier alpha value is -2.81. The first-order valence-corrected chi connectivity index (χ1v) is 10.4. The highest BCUT2D eigenvalue weighted by atomic mass is 32.1. The summed E-state index contributed by atoms with van der Waals surface area (Å²) >= 11 is 1.66. The molecule has 0 aliphatic carbocycles. The number of fused-ring (bicyclic) bond motifs is 1. The monoisotopic (exact) mass is 434 g/mol. The molecule has 0 saturated carbocycles. The molecular formula is C21H21F3N4OS. The summed E-state index contributed by atoms with van der Waals surface area (Å²) < 4.78 is 39.2. The van der Waals surface area contributed by atoms with Crippen LogP contribution in [0.2, 0.25) is 0 Å². The summed E-state index contributed by atoms with van der Waals surface area (Å²) in [6.07, 6.45) is -4.39. The van der Waals surface area contributed by atoms with Crippen LogP contribution < -0.4 is 10.2 Å². The van der Waals surface area contributed by atoms with Gasteiger partial charge in [-0.3, -0.25) is 0 Å². The van der Waals surface area contributed by atoms with Crippen molar-refractivity contribution in [3.05, 3.63) is 53.1 Å². The Morgan fingerprint density at radius 2 is 1.63 bits per heavy atom. The first-order chi connectivity index (χ1) is 14.2. The number of hydrogen-bond donors (Lipinski definition) is 1. The van der Waals surface area contributed by atoms with Gasteiger partial charge >= 0.3 is 12.2 Å². The van der Waals surface area contributed by atoms with Gasteiger partial charge in [0.05, 0.1) is 15.8 Å². The van der Waals surface area contributed by atoms with Crippen LogP contribution in [0, 0.1) is 13.8 Å². The fourth-order valence-electron chi connectivity index (χ4n) is 3.43. The lowest BCUT2D eigenvalue weighted by Gasteiger charge is -2.34. The molecule has 0 unspecified atom stereocenters. The molecule has 5 nitrogen and oxygen atoms in total. The standard InChI is InChI=1S/C21H21F3N4OS/c1-13-3-4-14(2)18-17(13)26-20(30-18)28-11-9-27(10-12-28)19(29)25-16-7-5-15(6-8-16)21(22,23)24/h3-8H,9-12H2,1-2H3,(H,25,29). The van der Waals surface area contributed by atoms with E-state index in [4.69, 9.17) is 4.98 Å². The van der Waals surface area contributed by atoms with E-state index in [-0.39, 0.29) is 6.03 Å². The number of nitrogens with zero attached hydrogens (tertiary/aromatic N) is 3. The molecular weight excluding hydrogens is 413 g/mol. The van der Waals surface area contributed by atoms with Crippen molar-refractivity contribution in [3.63, 3.8) is 0 Å². The van der Waals surface area contributed by atoms with E-state index in [0.29, 0.717) is 31.9 Å². The van der Waals surface area contributed by atoms with Crippen LogP contribution >= 0.6 is 11.3 Å². The fourth-order valence-corrected chi connectivity index (χ4v) is 4.59. The molecule has 30 heavy (non-hydrogen) atoms. The van der Waals surface area contributed by atoms with E-state index in [9.17, 15) is 18.0 Å². The molecule has 0 spiro atoms. The molecule has 0 radical (unpaired) electrons. The molecule has 1 aromatic heterocycles. The van der Waals surface area contributed by atoms with Crippen molar-refractivity contribution in [1.82, 2.24) is 9.88 Å². The van der Waals surface area contributed by atoms with Crippen LogP contribution in [0.1, 0.15) is 16.7 Å². The second-order valence-electron chi connectivity index (χ2n) is 7.35. The highest BCUT2D eigenvalue weighted by molar-refractivity contribution is 7.22. The molecule has 4 rings (SSSR count). The van der Waals surface area contributed by atoms with Gasteiger partial charge in [-0.25, -0.2) is 9.78 Å². The number of amides is 2. The van der Waals surface area contributed by atoms with E-state index >= 15 is 0 Å². The second kappa shape index (κ2) is 7.79. The number of benzene rings is 2. The SMILES string of the molecule is Cc1ccc(C)c2sc(N3CCN(C(=O)Nc4ccc(C(F)(F)F)cc4)CC3)nc12. The minimum Gasteiger partial charge on any atom is -0.345 e. The van der Waals surface area contributed by atoms with Crippen LogP contribution in [-0.2, 0) is 6.18 Å². The Balaban J connectivity index is 1.38. The number of carbonyl (C=O) groups is 1.